The van der Waals surface area contributed by atoms with Crippen LogP contribution in [0.5, 0.6) is 0 Å². The largest absolute Gasteiger partial charge is 0.203 e. The lowest BCUT2D eigenvalue weighted by atomic mass is 10.0. The average Bonchev–Trinajstić information content (AvgIpc) is 2.44. The smallest absolute Gasteiger partial charge is 0.200 e. The van der Waals surface area contributed by atoms with E-state index in [0.29, 0.717) is 10.6 Å². The quantitative estimate of drug-likeness (QED) is 0.282. The zero-order chi connectivity index (χ0) is 15.0. The van der Waals surface area contributed by atoms with Gasteiger partial charge in [0, 0.05) is 10.6 Å². The average molecular weight is 372 g/mol. The Kier molecular flexibility index (Phi) is 4.34. The molecule has 0 radical (unpaired) electrons. The fourth-order valence-electron chi connectivity index (χ4n) is 1.64. The third kappa shape index (κ3) is 2.54. The summed E-state index contributed by atoms with van der Waals surface area (Å²) in [7, 11) is 0. The van der Waals surface area contributed by atoms with Crippen LogP contribution in [-0.2, 0) is 0 Å². The molecule has 1 atom stereocenters. The summed E-state index contributed by atoms with van der Waals surface area (Å²) in [6, 6.07) is 5.72. The van der Waals surface area contributed by atoms with Crippen LogP contribution in [0, 0.1) is 29.1 Å². The summed E-state index contributed by atoms with van der Waals surface area (Å²) in [5.74, 6) is -9.86. The van der Waals surface area contributed by atoms with Crippen molar-refractivity contribution in [3.8, 4) is 0 Å². The molecule has 1 unspecified atom stereocenters. The van der Waals surface area contributed by atoms with Gasteiger partial charge in [0.2, 0.25) is 5.82 Å². The monoisotopic (exact) mass is 370 g/mol. The van der Waals surface area contributed by atoms with Crippen LogP contribution in [0.3, 0.4) is 0 Å². The summed E-state index contributed by atoms with van der Waals surface area (Å²) in [6.45, 7) is 0. The molecule has 0 heterocycles. The number of hydrogen-bond acceptors (Lipinski definition) is 0. The van der Waals surface area contributed by atoms with Gasteiger partial charge in [-0.3, -0.25) is 0 Å². The van der Waals surface area contributed by atoms with Crippen molar-refractivity contribution < 1.29 is 22.0 Å². The van der Waals surface area contributed by atoms with Crippen molar-refractivity contribution in [2.45, 2.75) is 4.83 Å². The first kappa shape index (κ1) is 15.3. The molecule has 0 nitrogen and oxygen atoms in total. The highest BCUT2D eigenvalue weighted by atomic mass is 79.9. The van der Waals surface area contributed by atoms with E-state index in [1.807, 2.05) is 0 Å². The molecular formula is C13H5BrClF5. The van der Waals surface area contributed by atoms with E-state index in [2.05, 4.69) is 15.9 Å². The van der Waals surface area contributed by atoms with Crippen molar-refractivity contribution in [3.05, 3.63) is 69.5 Å². The number of alkyl halides is 1. The number of rotatable bonds is 2. The highest BCUT2D eigenvalue weighted by Gasteiger charge is 2.29. The van der Waals surface area contributed by atoms with E-state index in [4.69, 9.17) is 11.6 Å². The predicted octanol–water partition coefficient (Wildman–Crippen LogP) is 5.52. The summed E-state index contributed by atoms with van der Waals surface area (Å²) in [4.78, 5) is -1.19. The van der Waals surface area contributed by atoms with E-state index in [1.54, 1.807) is 0 Å². The Hall–Kier alpha value is -1.14. The minimum absolute atomic E-state index is 0.303. The van der Waals surface area contributed by atoms with Gasteiger partial charge in [0.05, 0.1) is 4.83 Å². The highest BCUT2D eigenvalue weighted by molar-refractivity contribution is 9.09. The van der Waals surface area contributed by atoms with Crippen LogP contribution in [0.2, 0.25) is 5.02 Å². The minimum Gasteiger partial charge on any atom is -0.203 e. The molecule has 0 saturated heterocycles. The van der Waals surface area contributed by atoms with Gasteiger partial charge < -0.3 is 0 Å². The molecule has 2 rings (SSSR count). The number of halogens is 7. The Morgan fingerprint density at radius 2 is 1.15 bits per heavy atom. The summed E-state index contributed by atoms with van der Waals surface area (Å²) in [5.41, 5.74) is -0.638. The molecule has 7 heteroatoms. The Morgan fingerprint density at radius 1 is 0.750 bits per heavy atom. The molecule has 2 aromatic carbocycles. The molecule has 2 aromatic rings. The highest BCUT2D eigenvalue weighted by Crippen LogP contribution is 2.37. The second kappa shape index (κ2) is 5.69. The van der Waals surface area contributed by atoms with Crippen molar-refractivity contribution in [3.63, 3.8) is 0 Å². The molecule has 0 amide bonds. The molecule has 20 heavy (non-hydrogen) atoms. The lowest BCUT2D eigenvalue weighted by Crippen LogP contribution is -2.09. The van der Waals surface area contributed by atoms with Crippen molar-refractivity contribution in [1.29, 1.82) is 0 Å². The van der Waals surface area contributed by atoms with E-state index in [9.17, 15) is 22.0 Å². The maximum Gasteiger partial charge on any atom is 0.200 e. The van der Waals surface area contributed by atoms with Crippen LogP contribution in [0.1, 0.15) is 16.0 Å². The molecule has 0 saturated carbocycles. The van der Waals surface area contributed by atoms with E-state index in [1.165, 1.54) is 24.3 Å². The van der Waals surface area contributed by atoms with Crippen molar-refractivity contribution in [2.75, 3.05) is 0 Å². The molecule has 0 aliphatic heterocycles. The molecule has 0 fully saturated rings. The third-order valence-electron chi connectivity index (χ3n) is 2.66. The first-order chi connectivity index (χ1) is 9.34. The van der Waals surface area contributed by atoms with Gasteiger partial charge in [0.1, 0.15) is 0 Å². The zero-order valence-corrected chi connectivity index (χ0v) is 11.9. The van der Waals surface area contributed by atoms with Crippen molar-refractivity contribution >= 4 is 27.5 Å². The van der Waals surface area contributed by atoms with Gasteiger partial charge >= 0.3 is 0 Å². The normalized spacial score (nSPS) is 12.6. The van der Waals surface area contributed by atoms with Gasteiger partial charge in [-0.1, -0.05) is 39.7 Å². The van der Waals surface area contributed by atoms with Gasteiger partial charge in [-0.25, -0.2) is 22.0 Å². The van der Waals surface area contributed by atoms with Gasteiger partial charge in [0.25, 0.3) is 0 Å². The van der Waals surface area contributed by atoms with Crippen LogP contribution >= 0.6 is 27.5 Å². The standard InChI is InChI=1S/C13H5BrClF5/c14-8(5-1-3-6(15)4-2-5)7-9(16)11(18)13(20)12(19)10(7)17/h1-4,8H. The lowest BCUT2D eigenvalue weighted by Gasteiger charge is -2.14. The third-order valence-corrected chi connectivity index (χ3v) is 3.90. The molecule has 0 N–H and O–H groups in total. The Morgan fingerprint density at radius 3 is 1.60 bits per heavy atom. The molecule has 0 aromatic heterocycles. The minimum atomic E-state index is -2.18. The van der Waals surface area contributed by atoms with Gasteiger partial charge in [-0.2, -0.15) is 0 Å². The van der Waals surface area contributed by atoms with E-state index in [0.717, 1.165) is 0 Å². The fourth-order valence-corrected chi connectivity index (χ4v) is 2.48. The van der Waals surface area contributed by atoms with Gasteiger partial charge in [0.15, 0.2) is 23.3 Å². The van der Waals surface area contributed by atoms with Gasteiger partial charge in [-0.05, 0) is 17.7 Å². The maximum atomic E-state index is 13.6. The van der Waals surface area contributed by atoms with E-state index < -0.39 is 39.5 Å². The molecule has 0 spiro atoms. The van der Waals surface area contributed by atoms with E-state index >= 15 is 0 Å². The van der Waals surface area contributed by atoms with Crippen LogP contribution in [0.25, 0.3) is 0 Å². The van der Waals surface area contributed by atoms with Gasteiger partial charge in [-0.15, -0.1) is 0 Å². The summed E-state index contributed by atoms with van der Waals surface area (Å²) in [6.07, 6.45) is 0. The summed E-state index contributed by atoms with van der Waals surface area (Å²) >= 11 is 8.60. The molecule has 0 aliphatic carbocycles. The Bertz CT molecular complexity index is 628. The topological polar surface area (TPSA) is 0 Å². The second-order valence-electron chi connectivity index (χ2n) is 3.90. The Labute approximate surface area is 124 Å². The molecule has 106 valence electrons. The van der Waals surface area contributed by atoms with E-state index in [-0.39, 0.29) is 0 Å². The molecule has 0 aliphatic rings. The van der Waals surface area contributed by atoms with Crippen molar-refractivity contribution in [1.82, 2.24) is 0 Å². The maximum absolute atomic E-state index is 13.6. The van der Waals surface area contributed by atoms with Crippen molar-refractivity contribution in [2.24, 2.45) is 0 Å². The number of hydrogen-bond donors (Lipinski definition) is 0. The fraction of sp³-hybridized carbons (Fsp3) is 0.0769. The van der Waals surface area contributed by atoms with Crippen LogP contribution in [0.4, 0.5) is 22.0 Å². The first-order valence-corrected chi connectivity index (χ1v) is 6.54. The number of benzene rings is 2. The Balaban J connectivity index is 2.60. The van der Waals surface area contributed by atoms with Crippen LogP contribution in [0.15, 0.2) is 24.3 Å². The molecular weight excluding hydrogens is 366 g/mol. The zero-order valence-electron chi connectivity index (χ0n) is 9.53. The van der Waals surface area contributed by atoms with Crippen LogP contribution < -0.4 is 0 Å². The second-order valence-corrected chi connectivity index (χ2v) is 5.25. The SMILES string of the molecule is Fc1c(F)c(F)c(C(Br)c2ccc(Cl)cc2)c(F)c1F. The summed E-state index contributed by atoms with van der Waals surface area (Å²) in [5, 5.41) is 0.380. The lowest BCUT2D eigenvalue weighted by molar-refractivity contribution is 0.371. The van der Waals surface area contributed by atoms with Crippen LogP contribution in [-0.4, -0.2) is 0 Å². The first-order valence-electron chi connectivity index (χ1n) is 5.25. The molecule has 0 bridgehead atoms. The summed E-state index contributed by atoms with van der Waals surface area (Å²) < 4.78 is 66.5. The predicted molar refractivity (Wildman–Crippen MR) is 68.5 cm³/mol.